The minimum Gasteiger partial charge on any atom is -0.294 e. The molecule has 0 unspecified atom stereocenters. The van der Waals surface area contributed by atoms with Crippen molar-refractivity contribution in [2.45, 2.75) is 20.8 Å². The number of hydrogen-bond donors (Lipinski definition) is 0. The molecular weight excluding hydrogens is 196 g/mol. The van der Waals surface area contributed by atoms with Crippen LogP contribution in [0.15, 0.2) is 24.3 Å². The van der Waals surface area contributed by atoms with Gasteiger partial charge in [-0.1, -0.05) is 43.7 Å². The van der Waals surface area contributed by atoms with Crippen molar-refractivity contribution in [3.8, 4) is 0 Å². The van der Waals surface area contributed by atoms with E-state index in [1.54, 1.807) is 0 Å². The van der Waals surface area contributed by atoms with E-state index < -0.39 is 5.41 Å². The lowest BCUT2D eigenvalue weighted by Crippen LogP contribution is -2.26. The van der Waals surface area contributed by atoms with Gasteiger partial charge in [0.2, 0.25) is 0 Å². The van der Waals surface area contributed by atoms with Gasteiger partial charge in [0.25, 0.3) is 0 Å². The fraction of sp³-hybridized carbons (Fsp3) is 0.417. The fourth-order valence-corrected chi connectivity index (χ4v) is 1.28. The Labute approximate surface area is 90.1 Å². The summed E-state index contributed by atoms with van der Waals surface area (Å²) in [5.74, 6) is 0.451. The lowest BCUT2D eigenvalue weighted by atomic mass is 9.86. The lowest BCUT2D eigenvalue weighted by Gasteiger charge is -2.19. The molecule has 1 aromatic rings. The summed E-state index contributed by atoms with van der Waals surface area (Å²) in [6, 6.07) is 7.59. The molecule has 0 saturated heterocycles. The summed E-state index contributed by atoms with van der Waals surface area (Å²) in [5, 5.41) is 0. The fourth-order valence-electron chi connectivity index (χ4n) is 1.16. The second kappa shape index (κ2) is 4.14. The highest BCUT2D eigenvalue weighted by Crippen LogP contribution is 2.23. The van der Waals surface area contributed by atoms with Crippen molar-refractivity contribution in [2.24, 2.45) is 5.41 Å². The van der Waals surface area contributed by atoms with Crippen LogP contribution in [0.2, 0.25) is 0 Å². The summed E-state index contributed by atoms with van der Waals surface area (Å²) in [6.07, 6.45) is 0. The van der Waals surface area contributed by atoms with Crippen molar-refractivity contribution in [3.63, 3.8) is 0 Å². The number of carbonyl (C=O) groups excluding carboxylic acids is 1. The number of benzene rings is 1. The molecule has 0 atom stereocenters. The number of aryl methyl sites for hydroxylation is 1. The van der Waals surface area contributed by atoms with Crippen LogP contribution in [0.5, 0.6) is 0 Å². The van der Waals surface area contributed by atoms with Crippen molar-refractivity contribution in [2.75, 3.05) is 5.88 Å². The van der Waals surface area contributed by atoms with Crippen molar-refractivity contribution in [3.05, 3.63) is 35.4 Å². The number of alkyl halides is 1. The number of ketones is 1. The predicted octanol–water partition coefficient (Wildman–Crippen LogP) is 3.44. The maximum absolute atomic E-state index is 11.9. The molecule has 0 N–H and O–H groups in total. The molecule has 1 nitrogen and oxygen atoms in total. The standard InChI is InChI=1S/C12H15ClO/c1-9-4-6-10(7-5-9)11(14)12(2,3)8-13/h4-7H,8H2,1-3H3. The van der Waals surface area contributed by atoms with Gasteiger partial charge in [0.1, 0.15) is 0 Å². The molecule has 0 saturated carbocycles. The first-order valence-corrected chi connectivity index (χ1v) is 5.18. The normalized spacial score (nSPS) is 11.4. The Morgan fingerprint density at radius 3 is 2.21 bits per heavy atom. The molecule has 1 rings (SSSR count). The Hall–Kier alpha value is -0.820. The highest BCUT2D eigenvalue weighted by Gasteiger charge is 2.27. The van der Waals surface area contributed by atoms with Gasteiger partial charge >= 0.3 is 0 Å². The molecule has 0 radical (unpaired) electrons. The minimum atomic E-state index is -0.475. The van der Waals surface area contributed by atoms with E-state index in [2.05, 4.69) is 0 Å². The molecule has 0 amide bonds. The van der Waals surface area contributed by atoms with Gasteiger partial charge in [-0.2, -0.15) is 0 Å². The van der Waals surface area contributed by atoms with E-state index in [1.165, 1.54) is 0 Å². The van der Waals surface area contributed by atoms with Crippen LogP contribution in [0.1, 0.15) is 29.8 Å². The molecule has 0 fully saturated rings. The zero-order chi connectivity index (χ0) is 10.8. The van der Waals surface area contributed by atoms with Gasteiger partial charge in [-0.05, 0) is 6.92 Å². The molecule has 76 valence electrons. The SMILES string of the molecule is Cc1ccc(C(=O)C(C)(C)CCl)cc1. The van der Waals surface area contributed by atoms with Gasteiger partial charge in [-0.25, -0.2) is 0 Å². The lowest BCUT2D eigenvalue weighted by molar-refractivity contribution is 0.0862. The van der Waals surface area contributed by atoms with Crippen molar-refractivity contribution >= 4 is 17.4 Å². The average molecular weight is 211 g/mol. The Morgan fingerprint density at radius 2 is 1.79 bits per heavy atom. The van der Waals surface area contributed by atoms with Crippen LogP contribution in [-0.2, 0) is 0 Å². The Balaban J connectivity index is 2.96. The summed E-state index contributed by atoms with van der Waals surface area (Å²) in [4.78, 5) is 11.9. The smallest absolute Gasteiger partial charge is 0.169 e. The molecule has 0 aliphatic rings. The van der Waals surface area contributed by atoms with E-state index in [0.29, 0.717) is 5.88 Å². The molecule has 0 aliphatic heterocycles. The van der Waals surface area contributed by atoms with Gasteiger partial charge in [0.05, 0.1) is 0 Å². The van der Waals surface area contributed by atoms with Crippen LogP contribution < -0.4 is 0 Å². The van der Waals surface area contributed by atoms with Crippen LogP contribution in [-0.4, -0.2) is 11.7 Å². The van der Waals surface area contributed by atoms with Crippen LogP contribution in [0, 0.1) is 12.3 Å². The van der Waals surface area contributed by atoms with E-state index in [-0.39, 0.29) is 5.78 Å². The quantitative estimate of drug-likeness (QED) is 0.552. The zero-order valence-corrected chi connectivity index (χ0v) is 9.56. The molecule has 2 heteroatoms. The van der Waals surface area contributed by atoms with Gasteiger partial charge in [-0.15, -0.1) is 11.6 Å². The largest absolute Gasteiger partial charge is 0.294 e. The van der Waals surface area contributed by atoms with Crippen molar-refractivity contribution in [1.29, 1.82) is 0 Å². The Kier molecular flexibility index (Phi) is 3.33. The third-order valence-corrected chi connectivity index (χ3v) is 2.93. The maximum atomic E-state index is 11.9. The highest BCUT2D eigenvalue weighted by molar-refractivity contribution is 6.20. The molecule has 0 aliphatic carbocycles. The number of Topliss-reactive ketones (excluding diaryl/α,β-unsaturated/α-hetero) is 1. The first-order valence-electron chi connectivity index (χ1n) is 4.65. The second-order valence-corrected chi connectivity index (χ2v) is 4.48. The Bertz CT molecular complexity index is 325. The van der Waals surface area contributed by atoms with Crippen molar-refractivity contribution in [1.82, 2.24) is 0 Å². The van der Waals surface area contributed by atoms with Crippen molar-refractivity contribution < 1.29 is 4.79 Å². The van der Waals surface area contributed by atoms with Crippen LogP contribution in [0.4, 0.5) is 0 Å². The van der Waals surface area contributed by atoms with Gasteiger partial charge in [0.15, 0.2) is 5.78 Å². The number of rotatable bonds is 3. The third-order valence-electron chi connectivity index (χ3n) is 2.26. The number of halogens is 1. The minimum absolute atomic E-state index is 0.104. The van der Waals surface area contributed by atoms with E-state index in [9.17, 15) is 4.79 Å². The first kappa shape index (κ1) is 11.3. The number of hydrogen-bond acceptors (Lipinski definition) is 1. The average Bonchev–Trinajstić information content (AvgIpc) is 2.18. The summed E-state index contributed by atoms with van der Waals surface area (Å²) >= 11 is 5.75. The molecule has 0 aromatic heterocycles. The van der Waals surface area contributed by atoms with Crippen LogP contribution in [0.25, 0.3) is 0 Å². The number of carbonyl (C=O) groups is 1. The van der Waals surface area contributed by atoms with Crippen LogP contribution >= 0.6 is 11.6 Å². The molecule has 1 aromatic carbocycles. The molecule has 14 heavy (non-hydrogen) atoms. The van der Waals surface area contributed by atoms with E-state index in [4.69, 9.17) is 11.6 Å². The van der Waals surface area contributed by atoms with E-state index >= 15 is 0 Å². The summed E-state index contributed by atoms with van der Waals surface area (Å²) in [5.41, 5.74) is 1.42. The van der Waals surface area contributed by atoms with E-state index in [1.807, 2.05) is 45.0 Å². The topological polar surface area (TPSA) is 17.1 Å². The molecule has 0 bridgehead atoms. The molecule has 0 heterocycles. The maximum Gasteiger partial charge on any atom is 0.169 e. The predicted molar refractivity (Wildman–Crippen MR) is 60.0 cm³/mol. The van der Waals surface area contributed by atoms with Gasteiger partial charge < -0.3 is 0 Å². The third kappa shape index (κ3) is 2.36. The monoisotopic (exact) mass is 210 g/mol. The molecule has 0 spiro atoms. The molecular formula is C12H15ClO. The Morgan fingerprint density at radius 1 is 1.29 bits per heavy atom. The highest BCUT2D eigenvalue weighted by atomic mass is 35.5. The first-order chi connectivity index (χ1) is 6.47. The summed E-state index contributed by atoms with van der Waals surface area (Å²) in [6.45, 7) is 5.73. The summed E-state index contributed by atoms with van der Waals surface area (Å²) < 4.78 is 0. The van der Waals surface area contributed by atoms with Gasteiger partial charge in [-0.3, -0.25) is 4.79 Å². The van der Waals surface area contributed by atoms with E-state index in [0.717, 1.165) is 11.1 Å². The summed E-state index contributed by atoms with van der Waals surface area (Å²) in [7, 11) is 0. The van der Waals surface area contributed by atoms with Crippen LogP contribution in [0.3, 0.4) is 0 Å². The second-order valence-electron chi connectivity index (χ2n) is 4.21. The zero-order valence-electron chi connectivity index (χ0n) is 8.80. The van der Waals surface area contributed by atoms with Gasteiger partial charge in [0, 0.05) is 16.9 Å².